The molecule has 0 spiro atoms. The van der Waals surface area contributed by atoms with Crippen molar-refractivity contribution in [3.05, 3.63) is 50.6 Å². The lowest BCUT2D eigenvalue weighted by atomic mass is 10.2. The highest BCUT2D eigenvalue weighted by Gasteiger charge is 2.21. The summed E-state index contributed by atoms with van der Waals surface area (Å²) in [5, 5.41) is 21.6. The van der Waals surface area contributed by atoms with E-state index in [-0.39, 0.29) is 16.6 Å². The van der Waals surface area contributed by atoms with Crippen molar-refractivity contribution in [1.29, 1.82) is 0 Å². The van der Waals surface area contributed by atoms with E-state index in [4.69, 9.17) is 0 Å². The number of fused-ring (bicyclic) bond motifs is 1. The van der Waals surface area contributed by atoms with Crippen molar-refractivity contribution >= 4 is 22.4 Å². The maximum absolute atomic E-state index is 10.7. The van der Waals surface area contributed by atoms with Crippen LogP contribution in [0, 0.1) is 20.2 Å². The van der Waals surface area contributed by atoms with Crippen LogP contribution >= 0.6 is 0 Å². The number of hydrogen-bond acceptors (Lipinski definition) is 5. The first-order chi connectivity index (χ1) is 7.59. The summed E-state index contributed by atoms with van der Waals surface area (Å²) in [5.74, 6) is -0.523. The molecule has 0 atom stereocenters. The molecular weight excluding hydrogens is 214 g/mol. The predicted molar refractivity (Wildman–Crippen MR) is 55.1 cm³/mol. The first-order valence-corrected chi connectivity index (χ1v) is 4.28. The van der Waals surface area contributed by atoms with E-state index >= 15 is 0 Å². The molecule has 80 valence electrons. The van der Waals surface area contributed by atoms with Crippen molar-refractivity contribution in [2.45, 2.75) is 0 Å². The Balaban J connectivity index is 2.84. The van der Waals surface area contributed by atoms with Crippen LogP contribution in [-0.4, -0.2) is 14.8 Å². The van der Waals surface area contributed by atoms with E-state index in [0.29, 0.717) is 0 Å². The van der Waals surface area contributed by atoms with Gasteiger partial charge in [-0.3, -0.25) is 10.1 Å². The summed E-state index contributed by atoms with van der Waals surface area (Å²) in [4.78, 5) is 23.6. The quantitative estimate of drug-likeness (QED) is 0.568. The molecule has 0 aliphatic heterocycles. The van der Waals surface area contributed by atoms with Crippen LogP contribution in [0.25, 0.3) is 10.9 Å². The van der Waals surface area contributed by atoms with E-state index in [1.807, 2.05) is 0 Å². The minimum atomic E-state index is -0.751. The lowest BCUT2D eigenvalue weighted by Gasteiger charge is -1.96. The van der Waals surface area contributed by atoms with Crippen molar-refractivity contribution in [2.75, 3.05) is 0 Å². The summed E-state index contributed by atoms with van der Waals surface area (Å²) in [6, 6.07) is 7.09. The molecule has 0 saturated heterocycles. The van der Waals surface area contributed by atoms with E-state index in [2.05, 4.69) is 4.98 Å². The molecule has 2 rings (SSSR count). The average Bonchev–Trinajstić information content (AvgIpc) is 2.27. The van der Waals surface area contributed by atoms with Crippen molar-refractivity contribution in [3.8, 4) is 0 Å². The number of aromatic nitrogens is 1. The topological polar surface area (TPSA) is 99.2 Å². The van der Waals surface area contributed by atoms with Crippen LogP contribution in [0.1, 0.15) is 0 Å². The Morgan fingerprint density at radius 3 is 2.38 bits per heavy atom. The first-order valence-electron chi connectivity index (χ1n) is 4.28. The van der Waals surface area contributed by atoms with Crippen molar-refractivity contribution in [2.24, 2.45) is 0 Å². The highest BCUT2D eigenvalue weighted by Crippen LogP contribution is 2.27. The highest BCUT2D eigenvalue weighted by molar-refractivity contribution is 5.88. The van der Waals surface area contributed by atoms with Crippen molar-refractivity contribution in [3.63, 3.8) is 0 Å². The Kier molecular flexibility index (Phi) is 2.20. The number of hydrogen-bond donors (Lipinski definition) is 0. The monoisotopic (exact) mass is 219 g/mol. The van der Waals surface area contributed by atoms with Gasteiger partial charge in [-0.15, -0.1) is 0 Å². The lowest BCUT2D eigenvalue weighted by Crippen LogP contribution is -1.96. The van der Waals surface area contributed by atoms with E-state index < -0.39 is 15.7 Å². The smallest absolute Gasteiger partial charge is 0.358 e. The van der Waals surface area contributed by atoms with Gasteiger partial charge in [-0.05, 0) is 22.0 Å². The summed E-state index contributed by atoms with van der Waals surface area (Å²) in [6.45, 7) is 0. The van der Waals surface area contributed by atoms with Gasteiger partial charge in [0, 0.05) is 0 Å². The SMILES string of the molecule is O=[N+]([O-])c1cc([N+](=O)[O-])c2ccccc2n1. The summed E-state index contributed by atoms with van der Waals surface area (Å²) in [7, 11) is 0. The van der Waals surface area contributed by atoms with Gasteiger partial charge in [0.15, 0.2) is 5.52 Å². The fourth-order valence-electron chi connectivity index (χ4n) is 1.39. The Morgan fingerprint density at radius 1 is 1.06 bits per heavy atom. The van der Waals surface area contributed by atoms with Crippen LogP contribution in [0.3, 0.4) is 0 Å². The molecule has 16 heavy (non-hydrogen) atoms. The lowest BCUT2D eigenvalue weighted by molar-refractivity contribution is -0.396. The minimum absolute atomic E-state index is 0.239. The molecule has 0 saturated carbocycles. The molecule has 1 heterocycles. The summed E-state index contributed by atoms with van der Waals surface area (Å²) < 4.78 is 0. The largest absolute Gasteiger partial charge is 0.370 e. The highest BCUT2D eigenvalue weighted by atomic mass is 16.6. The fourth-order valence-corrected chi connectivity index (χ4v) is 1.39. The maximum Gasteiger partial charge on any atom is 0.370 e. The second-order valence-electron chi connectivity index (χ2n) is 3.03. The number of pyridine rings is 1. The van der Waals surface area contributed by atoms with Gasteiger partial charge in [0.05, 0.1) is 4.92 Å². The molecule has 0 unspecified atom stereocenters. The Bertz CT molecular complexity index is 596. The summed E-state index contributed by atoms with van der Waals surface area (Å²) in [6.07, 6.45) is 0. The number of rotatable bonds is 2. The van der Waals surface area contributed by atoms with E-state index in [1.165, 1.54) is 12.1 Å². The molecule has 0 fully saturated rings. The molecule has 1 aromatic carbocycles. The molecule has 7 heteroatoms. The van der Waals surface area contributed by atoms with E-state index in [1.54, 1.807) is 12.1 Å². The van der Waals surface area contributed by atoms with Gasteiger partial charge in [-0.2, -0.15) is 0 Å². The van der Waals surface area contributed by atoms with Crippen LogP contribution in [0.5, 0.6) is 0 Å². The molecule has 1 aromatic heterocycles. The minimum Gasteiger partial charge on any atom is -0.358 e. The zero-order valence-electron chi connectivity index (χ0n) is 7.86. The number of nitrogens with zero attached hydrogens (tertiary/aromatic N) is 3. The fraction of sp³-hybridized carbons (Fsp3) is 0. The first kappa shape index (κ1) is 9.97. The molecule has 0 bridgehead atoms. The molecule has 2 aromatic rings. The molecule has 0 radical (unpaired) electrons. The van der Waals surface area contributed by atoms with Gasteiger partial charge < -0.3 is 10.1 Å². The molecule has 0 aliphatic carbocycles. The van der Waals surface area contributed by atoms with Gasteiger partial charge in [0.2, 0.25) is 0 Å². The third kappa shape index (κ3) is 1.54. The third-order valence-electron chi connectivity index (χ3n) is 2.06. The Hall–Kier alpha value is -2.57. The maximum atomic E-state index is 10.7. The van der Waals surface area contributed by atoms with Crippen LogP contribution in [0.4, 0.5) is 11.5 Å². The van der Waals surface area contributed by atoms with Gasteiger partial charge in [0.25, 0.3) is 5.69 Å². The van der Waals surface area contributed by atoms with E-state index in [9.17, 15) is 20.2 Å². The molecule has 0 aliphatic rings. The van der Waals surface area contributed by atoms with Crippen LogP contribution < -0.4 is 0 Å². The van der Waals surface area contributed by atoms with Crippen LogP contribution in [0.15, 0.2) is 30.3 Å². The van der Waals surface area contributed by atoms with Gasteiger partial charge in [-0.25, -0.2) is 0 Å². The Morgan fingerprint density at radius 2 is 1.75 bits per heavy atom. The van der Waals surface area contributed by atoms with Crippen molar-refractivity contribution < 1.29 is 9.85 Å². The van der Waals surface area contributed by atoms with Crippen LogP contribution in [0.2, 0.25) is 0 Å². The normalized spacial score (nSPS) is 10.2. The van der Waals surface area contributed by atoms with E-state index in [0.717, 1.165) is 6.07 Å². The second-order valence-corrected chi connectivity index (χ2v) is 3.03. The standard InChI is InChI=1S/C9H5N3O4/c13-11(14)8-5-9(12(15)16)10-7-4-2-1-3-6(7)8/h1-5H. The number of nitro groups is 2. The predicted octanol–water partition coefficient (Wildman–Crippen LogP) is 2.05. The van der Waals surface area contributed by atoms with Gasteiger partial charge in [-0.1, -0.05) is 12.1 Å². The zero-order chi connectivity index (χ0) is 11.7. The third-order valence-corrected chi connectivity index (χ3v) is 2.06. The summed E-state index contributed by atoms with van der Waals surface area (Å²) >= 11 is 0. The van der Waals surface area contributed by atoms with Gasteiger partial charge >= 0.3 is 5.82 Å². The average molecular weight is 219 g/mol. The molecular formula is C9H5N3O4. The Labute approximate surface area is 88.6 Å². The number of benzene rings is 1. The molecule has 0 N–H and O–H groups in total. The molecule has 7 nitrogen and oxygen atoms in total. The summed E-state index contributed by atoms with van der Waals surface area (Å²) in [5.41, 5.74) is -0.0688. The second kappa shape index (κ2) is 3.54. The van der Waals surface area contributed by atoms with Crippen LogP contribution in [-0.2, 0) is 0 Å². The van der Waals surface area contributed by atoms with Crippen molar-refractivity contribution in [1.82, 2.24) is 4.98 Å². The zero-order valence-corrected chi connectivity index (χ0v) is 7.86. The molecule has 0 amide bonds. The number of para-hydroxylation sites is 1. The van der Waals surface area contributed by atoms with Gasteiger partial charge in [0.1, 0.15) is 11.5 Å².